The van der Waals surface area contributed by atoms with E-state index < -0.39 is 0 Å². The first kappa shape index (κ1) is 10.5. The average Bonchev–Trinajstić information content (AvgIpc) is 2.31. The molecule has 0 atom stereocenters. The van der Waals surface area contributed by atoms with Gasteiger partial charge in [0.1, 0.15) is 5.82 Å². The molecule has 82 valence electrons. The number of nitrogens with zero attached hydrogens (tertiary/aromatic N) is 1. The van der Waals surface area contributed by atoms with Crippen LogP contribution in [-0.4, -0.2) is 4.57 Å². The van der Waals surface area contributed by atoms with E-state index in [0.29, 0.717) is 0 Å². The molecule has 3 nitrogen and oxygen atoms in total. The molecule has 3 heteroatoms. The lowest BCUT2D eigenvalue weighted by Gasteiger charge is -2.11. The van der Waals surface area contributed by atoms with Crippen LogP contribution in [0.1, 0.15) is 5.56 Å². The molecule has 2 aromatic rings. The summed E-state index contributed by atoms with van der Waals surface area (Å²) in [4.78, 5) is 11.7. The standard InChI is InChI=1S/C13H14N2O/c1-10-8-9-12(15(2)13(10)16)14-11-6-4-3-5-7-11/h3-9,14H,1-2H3. The number of aryl methyl sites for hydroxylation is 1. The molecule has 1 heterocycles. The highest BCUT2D eigenvalue weighted by Gasteiger charge is 2.01. The molecule has 0 saturated heterocycles. The van der Waals surface area contributed by atoms with Crippen LogP contribution in [0, 0.1) is 6.92 Å². The number of pyridine rings is 1. The molecule has 1 N–H and O–H groups in total. The Bertz CT molecular complexity index is 544. The summed E-state index contributed by atoms with van der Waals surface area (Å²) >= 11 is 0. The van der Waals surface area contributed by atoms with Crippen molar-refractivity contribution in [2.45, 2.75) is 6.92 Å². The summed E-state index contributed by atoms with van der Waals surface area (Å²) in [5.74, 6) is 0.793. The zero-order chi connectivity index (χ0) is 11.5. The summed E-state index contributed by atoms with van der Waals surface area (Å²) in [5.41, 5.74) is 1.75. The summed E-state index contributed by atoms with van der Waals surface area (Å²) < 4.78 is 1.61. The quantitative estimate of drug-likeness (QED) is 0.833. The lowest BCUT2D eigenvalue weighted by molar-refractivity contribution is 0.859. The Morgan fingerprint density at radius 2 is 1.75 bits per heavy atom. The lowest BCUT2D eigenvalue weighted by Crippen LogP contribution is -2.20. The molecule has 0 aliphatic rings. The van der Waals surface area contributed by atoms with E-state index in [1.165, 1.54) is 0 Å². The van der Waals surface area contributed by atoms with Crippen LogP contribution in [0.5, 0.6) is 0 Å². The van der Waals surface area contributed by atoms with Crippen molar-refractivity contribution in [2.24, 2.45) is 7.05 Å². The molecule has 16 heavy (non-hydrogen) atoms. The van der Waals surface area contributed by atoms with E-state index in [-0.39, 0.29) is 5.56 Å². The molecule has 1 aromatic carbocycles. The number of rotatable bonds is 2. The Morgan fingerprint density at radius 3 is 2.44 bits per heavy atom. The molecule has 0 saturated carbocycles. The average molecular weight is 214 g/mol. The summed E-state index contributed by atoms with van der Waals surface area (Å²) in [5, 5.41) is 3.20. The topological polar surface area (TPSA) is 34.0 Å². The summed E-state index contributed by atoms with van der Waals surface area (Å²) in [7, 11) is 1.76. The van der Waals surface area contributed by atoms with Gasteiger partial charge in [0, 0.05) is 18.3 Å². The van der Waals surface area contributed by atoms with Gasteiger partial charge in [-0.15, -0.1) is 0 Å². The van der Waals surface area contributed by atoms with Gasteiger partial charge in [0.2, 0.25) is 0 Å². The van der Waals surface area contributed by atoms with Gasteiger partial charge in [-0.25, -0.2) is 0 Å². The van der Waals surface area contributed by atoms with Crippen molar-refractivity contribution >= 4 is 11.5 Å². The van der Waals surface area contributed by atoms with Gasteiger partial charge in [-0.2, -0.15) is 0 Å². The first-order valence-corrected chi connectivity index (χ1v) is 5.17. The van der Waals surface area contributed by atoms with E-state index in [1.54, 1.807) is 11.6 Å². The largest absolute Gasteiger partial charge is 0.342 e. The van der Waals surface area contributed by atoms with Crippen LogP contribution in [-0.2, 0) is 7.05 Å². The summed E-state index contributed by atoms with van der Waals surface area (Å²) in [6, 6.07) is 13.5. The minimum absolute atomic E-state index is 0.0286. The van der Waals surface area contributed by atoms with Crippen LogP contribution in [0.15, 0.2) is 47.3 Å². The fourth-order valence-electron chi connectivity index (χ4n) is 1.56. The molecular weight excluding hydrogens is 200 g/mol. The summed E-state index contributed by atoms with van der Waals surface area (Å²) in [6.45, 7) is 1.81. The third kappa shape index (κ3) is 1.98. The van der Waals surface area contributed by atoms with Crippen LogP contribution >= 0.6 is 0 Å². The fraction of sp³-hybridized carbons (Fsp3) is 0.154. The van der Waals surface area contributed by atoms with Crippen LogP contribution in [0.2, 0.25) is 0 Å². The van der Waals surface area contributed by atoms with Crippen LogP contribution in [0.3, 0.4) is 0 Å². The summed E-state index contributed by atoms with van der Waals surface area (Å²) in [6.07, 6.45) is 0. The van der Waals surface area contributed by atoms with Crippen LogP contribution in [0.25, 0.3) is 0 Å². The Hall–Kier alpha value is -2.03. The number of anilines is 2. The van der Waals surface area contributed by atoms with Crippen molar-refractivity contribution in [3.05, 3.63) is 58.4 Å². The number of nitrogens with one attached hydrogen (secondary N) is 1. The van der Waals surface area contributed by atoms with Gasteiger partial charge in [-0.3, -0.25) is 9.36 Å². The molecule has 0 aliphatic heterocycles. The van der Waals surface area contributed by atoms with Gasteiger partial charge < -0.3 is 5.32 Å². The first-order chi connectivity index (χ1) is 7.68. The molecule has 0 unspecified atom stereocenters. The highest BCUT2D eigenvalue weighted by Crippen LogP contribution is 2.13. The van der Waals surface area contributed by atoms with Crippen molar-refractivity contribution in [3.8, 4) is 0 Å². The van der Waals surface area contributed by atoms with Crippen molar-refractivity contribution in [2.75, 3.05) is 5.32 Å². The number of aromatic nitrogens is 1. The minimum atomic E-state index is 0.0286. The maximum absolute atomic E-state index is 11.7. The van der Waals surface area contributed by atoms with E-state index in [4.69, 9.17) is 0 Å². The number of hydrogen-bond acceptors (Lipinski definition) is 2. The Morgan fingerprint density at radius 1 is 1.06 bits per heavy atom. The Labute approximate surface area is 94.4 Å². The second kappa shape index (κ2) is 4.23. The Balaban J connectivity index is 2.37. The third-order valence-electron chi connectivity index (χ3n) is 2.54. The second-order valence-electron chi connectivity index (χ2n) is 3.76. The highest BCUT2D eigenvalue weighted by atomic mass is 16.1. The molecule has 1 aromatic heterocycles. The van der Waals surface area contributed by atoms with E-state index in [9.17, 15) is 4.79 Å². The minimum Gasteiger partial charge on any atom is -0.342 e. The van der Waals surface area contributed by atoms with Crippen LogP contribution in [0.4, 0.5) is 11.5 Å². The lowest BCUT2D eigenvalue weighted by atomic mass is 10.3. The predicted molar refractivity (Wildman–Crippen MR) is 66.1 cm³/mol. The van der Waals surface area contributed by atoms with Crippen molar-refractivity contribution in [3.63, 3.8) is 0 Å². The number of hydrogen-bond donors (Lipinski definition) is 1. The van der Waals surface area contributed by atoms with E-state index in [1.807, 2.05) is 49.4 Å². The van der Waals surface area contributed by atoms with Crippen molar-refractivity contribution < 1.29 is 0 Å². The van der Waals surface area contributed by atoms with Gasteiger partial charge in [-0.1, -0.05) is 24.3 Å². The maximum Gasteiger partial charge on any atom is 0.254 e. The third-order valence-corrected chi connectivity index (χ3v) is 2.54. The zero-order valence-corrected chi connectivity index (χ0v) is 9.40. The molecule has 0 spiro atoms. The van der Waals surface area contributed by atoms with Gasteiger partial charge in [-0.05, 0) is 25.1 Å². The van der Waals surface area contributed by atoms with E-state index in [2.05, 4.69) is 5.32 Å². The molecule has 0 amide bonds. The fourth-order valence-corrected chi connectivity index (χ4v) is 1.56. The van der Waals surface area contributed by atoms with Gasteiger partial charge in [0.15, 0.2) is 0 Å². The Kier molecular flexibility index (Phi) is 2.77. The molecular formula is C13H14N2O. The highest BCUT2D eigenvalue weighted by molar-refractivity contribution is 5.56. The SMILES string of the molecule is Cc1ccc(Nc2ccccc2)n(C)c1=O. The normalized spacial score (nSPS) is 10.1. The predicted octanol–water partition coefficient (Wildman–Crippen LogP) is 2.44. The molecule has 0 radical (unpaired) electrons. The monoisotopic (exact) mass is 214 g/mol. The number of benzene rings is 1. The van der Waals surface area contributed by atoms with Crippen LogP contribution < -0.4 is 10.9 Å². The van der Waals surface area contributed by atoms with E-state index in [0.717, 1.165) is 17.1 Å². The van der Waals surface area contributed by atoms with Gasteiger partial charge in [0.25, 0.3) is 5.56 Å². The van der Waals surface area contributed by atoms with Gasteiger partial charge in [0.05, 0.1) is 0 Å². The van der Waals surface area contributed by atoms with Crippen molar-refractivity contribution in [1.82, 2.24) is 4.57 Å². The smallest absolute Gasteiger partial charge is 0.254 e. The molecule has 0 fully saturated rings. The second-order valence-corrected chi connectivity index (χ2v) is 3.76. The van der Waals surface area contributed by atoms with E-state index >= 15 is 0 Å². The molecule has 2 rings (SSSR count). The number of para-hydroxylation sites is 1. The maximum atomic E-state index is 11.7. The molecule has 0 aliphatic carbocycles. The first-order valence-electron chi connectivity index (χ1n) is 5.17. The molecule has 0 bridgehead atoms. The van der Waals surface area contributed by atoms with Gasteiger partial charge >= 0.3 is 0 Å². The van der Waals surface area contributed by atoms with Crippen molar-refractivity contribution in [1.29, 1.82) is 0 Å². The zero-order valence-electron chi connectivity index (χ0n) is 9.40.